The molecule has 3 amide bonds. The van der Waals surface area contributed by atoms with Gasteiger partial charge in [0.25, 0.3) is 5.91 Å². The molecule has 9 nitrogen and oxygen atoms in total. The number of rotatable bonds is 9. The summed E-state index contributed by atoms with van der Waals surface area (Å²) in [6.45, 7) is 5.98. The lowest BCUT2D eigenvalue weighted by Crippen LogP contribution is -2.32. The summed E-state index contributed by atoms with van der Waals surface area (Å²) in [5.74, 6) is -1.19. The van der Waals surface area contributed by atoms with Crippen LogP contribution >= 0.6 is 0 Å². The highest BCUT2D eigenvalue weighted by Gasteiger charge is 2.15. The van der Waals surface area contributed by atoms with Gasteiger partial charge in [0.1, 0.15) is 11.5 Å². The molecule has 0 heterocycles. The third-order valence-corrected chi connectivity index (χ3v) is 4.91. The van der Waals surface area contributed by atoms with Crippen LogP contribution in [0.2, 0.25) is 0 Å². The topological polar surface area (TPSA) is 118 Å². The van der Waals surface area contributed by atoms with Crippen molar-refractivity contribution >= 4 is 35.3 Å². The molecule has 0 unspecified atom stereocenters. The van der Waals surface area contributed by atoms with Crippen molar-refractivity contribution in [3.8, 4) is 11.5 Å². The predicted octanol–water partition coefficient (Wildman–Crippen LogP) is 3.81. The number of benzene rings is 3. The maximum absolute atomic E-state index is 12.3. The van der Waals surface area contributed by atoms with Gasteiger partial charge in [-0.1, -0.05) is 42.0 Å². The second-order valence-electron chi connectivity index (χ2n) is 7.81. The van der Waals surface area contributed by atoms with Crippen molar-refractivity contribution < 1.29 is 23.9 Å². The van der Waals surface area contributed by atoms with Crippen molar-refractivity contribution in [1.29, 1.82) is 0 Å². The summed E-state index contributed by atoms with van der Waals surface area (Å²) in [7, 11) is 0. The summed E-state index contributed by atoms with van der Waals surface area (Å²) >= 11 is 0. The average Bonchev–Trinajstić information content (AvgIpc) is 2.86. The molecule has 3 aromatic carbocycles. The maximum Gasteiger partial charge on any atom is 0.329 e. The van der Waals surface area contributed by atoms with Crippen LogP contribution in [0.25, 0.3) is 0 Å². The Kier molecular flexibility index (Phi) is 9.16. The second-order valence-corrected chi connectivity index (χ2v) is 7.81. The Bertz CT molecular complexity index is 1270. The van der Waals surface area contributed by atoms with E-state index < -0.39 is 11.8 Å². The number of ether oxygens (including phenoxy) is 2. The van der Waals surface area contributed by atoms with E-state index in [2.05, 4.69) is 21.2 Å². The summed E-state index contributed by atoms with van der Waals surface area (Å²) in [6, 6.07) is 19.4. The standard InChI is InChI=1S/C27H28N4O5/c1-4-35-24-11-6-5-10-23(24)30-26(33)27(34)31-28-16-20-8-7-9-21(15-20)36-17-25(32)29-22-13-12-18(2)14-19(22)3/h5-16H,4,17H2,1-3H3,(H,29,32)(H,30,33)(H,31,34)/b28-16-. The minimum atomic E-state index is -0.937. The Morgan fingerprint density at radius 1 is 0.861 bits per heavy atom. The number of hydrazone groups is 1. The molecule has 0 radical (unpaired) electrons. The molecular weight excluding hydrogens is 460 g/mol. The third-order valence-electron chi connectivity index (χ3n) is 4.91. The fourth-order valence-corrected chi connectivity index (χ4v) is 3.22. The van der Waals surface area contributed by atoms with Gasteiger partial charge in [-0.3, -0.25) is 14.4 Å². The fourth-order valence-electron chi connectivity index (χ4n) is 3.22. The molecule has 3 N–H and O–H groups in total. The molecule has 0 aliphatic heterocycles. The zero-order chi connectivity index (χ0) is 25.9. The van der Waals surface area contributed by atoms with E-state index in [1.165, 1.54) is 6.21 Å². The van der Waals surface area contributed by atoms with E-state index in [0.29, 0.717) is 29.4 Å². The van der Waals surface area contributed by atoms with Gasteiger partial charge < -0.3 is 20.1 Å². The smallest absolute Gasteiger partial charge is 0.329 e. The SMILES string of the molecule is CCOc1ccccc1NC(=O)C(=O)N/N=C\c1cccc(OCC(=O)Nc2ccc(C)cc2C)c1. The first-order chi connectivity index (χ1) is 17.4. The zero-order valence-electron chi connectivity index (χ0n) is 20.3. The van der Waals surface area contributed by atoms with Crippen molar-refractivity contribution in [2.24, 2.45) is 5.10 Å². The predicted molar refractivity (Wildman–Crippen MR) is 138 cm³/mol. The third kappa shape index (κ3) is 7.69. The van der Waals surface area contributed by atoms with E-state index in [0.717, 1.165) is 16.8 Å². The number of hydrogen-bond donors (Lipinski definition) is 3. The molecule has 36 heavy (non-hydrogen) atoms. The monoisotopic (exact) mass is 488 g/mol. The lowest BCUT2D eigenvalue weighted by molar-refractivity contribution is -0.136. The van der Waals surface area contributed by atoms with Gasteiger partial charge in [0.05, 0.1) is 18.5 Å². The van der Waals surface area contributed by atoms with E-state index >= 15 is 0 Å². The average molecular weight is 489 g/mol. The number of amides is 3. The molecule has 0 aromatic heterocycles. The number of nitrogens with zero attached hydrogens (tertiary/aromatic N) is 1. The van der Waals surface area contributed by atoms with Gasteiger partial charge in [0, 0.05) is 5.69 Å². The second kappa shape index (κ2) is 12.7. The Balaban J connectivity index is 1.50. The Labute approximate surface area is 209 Å². The summed E-state index contributed by atoms with van der Waals surface area (Å²) in [5.41, 5.74) is 5.98. The number of carbonyl (C=O) groups is 3. The summed E-state index contributed by atoms with van der Waals surface area (Å²) in [4.78, 5) is 36.5. The molecule has 3 rings (SSSR count). The highest BCUT2D eigenvalue weighted by molar-refractivity contribution is 6.39. The molecule has 0 spiro atoms. The minimum absolute atomic E-state index is 0.173. The van der Waals surface area contributed by atoms with Crippen molar-refractivity contribution in [1.82, 2.24) is 5.43 Å². The summed E-state index contributed by atoms with van der Waals surface area (Å²) in [6.07, 6.45) is 1.36. The van der Waals surface area contributed by atoms with Gasteiger partial charge >= 0.3 is 11.8 Å². The number of hydrogen-bond acceptors (Lipinski definition) is 6. The molecule has 0 aliphatic carbocycles. The molecule has 186 valence electrons. The van der Waals surface area contributed by atoms with E-state index in [4.69, 9.17) is 9.47 Å². The molecule has 0 aliphatic rings. The highest BCUT2D eigenvalue weighted by Crippen LogP contribution is 2.23. The first kappa shape index (κ1) is 26.0. The molecule has 0 atom stereocenters. The zero-order valence-corrected chi connectivity index (χ0v) is 20.3. The molecule has 3 aromatic rings. The van der Waals surface area contributed by atoms with Crippen LogP contribution in [-0.4, -0.2) is 37.1 Å². The van der Waals surface area contributed by atoms with Crippen LogP contribution in [0.15, 0.2) is 71.8 Å². The Morgan fingerprint density at radius 2 is 1.67 bits per heavy atom. The molecule has 0 saturated heterocycles. The Morgan fingerprint density at radius 3 is 2.44 bits per heavy atom. The highest BCUT2D eigenvalue weighted by atomic mass is 16.5. The van der Waals surface area contributed by atoms with Gasteiger partial charge in [-0.25, -0.2) is 5.43 Å². The van der Waals surface area contributed by atoms with Crippen molar-refractivity contribution in [2.45, 2.75) is 20.8 Å². The van der Waals surface area contributed by atoms with Gasteiger partial charge in [-0.05, 0) is 62.2 Å². The first-order valence-corrected chi connectivity index (χ1v) is 11.3. The number of carbonyl (C=O) groups excluding carboxylic acids is 3. The molecule has 0 fully saturated rings. The van der Waals surface area contributed by atoms with Crippen LogP contribution in [0.3, 0.4) is 0 Å². The van der Waals surface area contributed by atoms with Gasteiger partial charge in [-0.15, -0.1) is 0 Å². The van der Waals surface area contributed by atoms with E-state index in [-0.39, 0.29) is 12.5 Å². The molecule has 0 saturated carbocycles. The van der Waals surface area contributed by atoms with Crippen LogP contribution < -0.4 is 25.5 Å². The largest absolute Gasteiger partial charge is 0.492 e. The van der Waals surface area contributed by atoms with E-state index in [9.17, 15) is 14.4 Å². The molecule has 0 bridgehead atoms. The number of anilines is 2. The first-order valence-electron chi connectivity index (χ1n) is 11.3. The van der Waals surface area contributed by atoms with Crippen LogP contribution in [0.4, 0.5) is 11.4 Å². The normalized spacial score (nSPS) is 10.5. The molecule has 9 heteroatoms. The van der Waals surface area contributed by atoms with Crippen molar-refractivity contribution in [3.63, 3.8) is 0 Å². The quantitative estimate of drug-likeness (QED) is 0.241. The van der Waals surface area contributed by atoms with Crippen LogP contribution in [0.5, 0.6) is 11.5 Å². The van der Waals surface area contributed by atoms with Gasteiger partial charge in [0.15, 0.2) is 6.61 Å². The number of aryl methyl sites for hydroxylation is 2. The lowest BCUT2D eigenvalue weighted by atomic mass is 10.1. The van der Waals surface area contributed by atoms with Crippen LogP contribution in [-0.2, 0) is 14.4 Å². The van der Waals surface area contributed by atoms with Crippen molar-refractivity contribution in [2.75, 3.05) is 23.8 Å². The molecular formula is C27H28N4O5. The number of para-hydroxylation sites is 2. The number of nitrogens with one attached hydrogen (secondary N) is 3. The van der Waals surface area contributed by atoms with Gasteiger partial charge in [0.2, 0.25) is 0 Å². The maximum atomic E-state index is 12.3. The summed E-state index contributed by atoms with van der Waals surface area (Å²) < 4.78 is 11.0. The van der Waals surface area contributed by atoms with E-state index in [1.807, 2.05) is 39.0 Å². The lowest BCUT2D eigenvalue weighted by Gasteiger charge is -2.10. The Hall–Kier alpha value is -4.66. The van der Waals surface area contributed by atoms with Gasteiger partial charge in [-0.2, -0.15) is 5.10 Å². The summed E-state index contributed by atoms with van der Waals surface area (Å²) in [5, 5.41) is 9.14. The van der Waals surface area contributed by atoms with Crippen LogP contribution in [0.1, 0.15) is 23.6 Å². The van der Waals surface area contributed by atoms with Crippen molar-refractivity contribution in [3.05, 3.63) is 83.4 Å². The van der Waals surface area contributed by atoms with E-state index in [1.54, 1.807) is 48.5 Å². The fraction of sp³-hybridized carbons (Fsp3) is 0.185. The minimum Gasteiger partial charge on any atom is -0.492 e. The van der Waals surface area contributed by atoms with Crippen LogP contribution in [0, 0.1) is 13.8 Å².